The van der Waals surface area contributed by atoms with Crippen LogP contribution in [0.1, 0.15) is 45.0 Å². The summed E-state index contributed by atoms with van der Waals surface area (Å²) in [4.78, 5) is 17.1. The van der Waals surface area contributed by atoms with Crippen LogP contribution in [0.3, 0.4) is 0 Å². The lowest BCUT2D eigenvalue weighted by atomic mass is 9.98. The lowest BCUT2D eigenvalue weighted by Crippen LogP contribution is -2.62. The van der Waals surface area contributed by atoms with E-state index in [1.54, 1.807) is 24.3 Å². The molecule has 2 rings (SSSR count). The zero-order valence-electron chi connectivity index (χ0n) is 13.6. The number of benzene rings is 1. The Hall–Kier alpha value is -1.06. The van der Waals surface area contributed by atoms with Crippen molar-refractivity contribution in [2.24, 2.45) is 0 Å². The summed E-state index contributed by atoms with van der Waals surface area (Å²) < 4.78 is 0. The van der Waals surface area contributed by atoms with E-state index in [0.29, 0.717) is 16.6 Å². The van der Waals surface area contributed by atoms with E-state index in [-0.39, 0.29) is 17.5 Å². The summed E-state index contributed by atoms with van der Waals surface area (Å²) in [5, 5.41) is 0.658. The van der Waals surface area contributed by atoms with Crippen molar-refractivity contribution in [1.82, 2.24) is 9.80 Å². The Labute approximate surface area is 132 Å². The lowest BCUT2D eigenvalue weighted by Gasteiger charge is -2.49. The van der Waals surface area contributed by atoms with E-state index in [0.717, 1.165) is 13.1 Å². The zero-order valence-corrected chi connectivity index (χ0v) is 14.3. The molecule has 1 saturated heterocycles. The van der Waals surface area contributed by atoms with Crippen molar-refractivity contribution in [1.29, 1.82) is 0 Å². The second kappa shape index (κ2) is 5.98. The van der Waals surface area contributed by atoms with Crippen LogP contribution >= 0.6 is 11.6 Å². The Kier molecular flexibility index (Phi) is 4.64. The lowest BCUT2D eigenvalue weighted by molar-refractivity contribution is -0.00570. The Bertz CT molecular complexity index is 507. The second-order valence-electron chi connectivity index (χ2n) is 6.99. The second-order valence-corrected chi connectivity index (χ2v) is 7.42. The highest BCUT2D eigenvalue weighted by atomic mass is 35.5. The first-order chi connectivity index (χ1) is 9.70. The van der Waals surface area contributed by atoms with Crippen molar-refractivity contribution in [3.63, 3.8) is 0 Å². The number of rotatable bonds is 1. The topological polar surface area (TPSA) is 23.6 Å². The number of carbonyl (C=O) groups is 1. The van der Waals surface area contributed by atoms with Crippen LogP contribution in [0.4, 0.5) is 0 Å². The highest BCUT2D eigenvalue weighted by molar-refractivity contribution is 6.30. The summed E-state index contributed by atoms with van der Waals surface area (Å²) in [5.41, 5.74) is 0.839. The predicted molar refractivity (Wildman–Crippen MR) is 87.9 cm³/mol. The molecule has 0 bridgehead atoms. The maximum atomic E-state index is 12.7. The zero-order chi connectivity index (χ0) is 15.8. The summed E-state index contributed by atoms with van der Waals surface area (Å²) >= 11 is 5.89. The van der Waals surface area contributed by atoms with Crippen molar-refractivity contribution >= 4 is 17.5 Å². The fourth-order valence-corrected chi connectivity index (χ4v) is 3.23. The smallest absolute Gasteiger partial charge is 0.254 e. The molecule has 116 valence electrons. The average Bonchev–Trinajstić information content (AvgIpc) is 2.40. The highest BCUT2D eigenvalue weighted by Crippen LogP contribution is 2.25. The van der Waals surface area contributed by atoms with Gasteiger partial charge < -0.3 is 4.90 Å². The Balaban J connectivity index is 2.15. The standard InChI is InChI=1S/C17H25ClN2O/c1-12-11-20(17(3,4)5)13(2)10-19(12)16(21)14-6-8-15(18)9-7-14/h6-9,12-13H,10-11H2,1-5H3/t12-,13+/m1/s1. The number of carbonyl (C=O) groups excluding carboxylic acids is 1. The quantitative estimate of drug-likeness (QED) is 0.790. The molecule has 3 nitrogen and oxygen atoms in total. The monoisotopic (exact) mass is 308 g/mol. The largest absolute Gasteiger partial charge is 0.333 e. The molecule has 4 heteroatoms. The number of hydrogen-bond acceptors (Lipinski definition) is 2. The van der Waals surface area contributed by atoms with Gasteiger partial charge in [-0.2, -0.15) is 0 Å². The number of hydrogen-bond donors (Lipinski definition) is 0. The first kappa shape index (κ1) is 16.3. The molecule has 0 radical (unpaired) electrons. The van der Waals surface area contributed by atoms with Gasteiger partial charge in [-0.05, 0) is 58.9 Å². The molecule has 1 aromatic carbocycles. The van der Waals surface area contributed by atoms with Crippen molar-refractivity contribution in [2.75, 3.05) is 13.1 Å². The molecule has 2 atom stereocenters. The first-order valence-electron chi connectivity index (χ1n) is 7.53. The van der Waals surface area contributed by atoms with Crippen molar-refractivity contribution < 1.29 is 4.79 Å². The molecule has 1 aliphatic rings. The van der Waals surface area contributed by atoms with Crippen LogP contribution in [0.25, 0.3) is 0 Å². The van der Waals surface area contributed by atoms with Gasteiger partial charge in [0.15, 0.2) is 0 Å². The third-order valence-corrected chi connectivity index (χ3v) is 4.45. The molecule has 1 aliphatic heterocycles. The van der Waals surface area contributed by atoms with Crippen LogP contribution in [0.15, 0.2) is 24.3 Å². The fraction of sp³-hybridized carbons (Fsp3) is 0.588. The molecular formula is C17H25ClN2O. The molecule has 0 N–H and O–H groups in total. The van der Waals surface area contributed by atoms with Crippen LogP contribution in [0, 0.1) is 0 Å². The average molecular weight is 309 g/mol. The van der Waals surface area contributed by atoms with Crippen molar-refractivity contribution in [3.8, 4) is 0 Å². The molecule has 0 spiro atoms. The fourth-order valence-electron chi connectivity index (χ4n) is 3.10. The number of piperazine rings is 1. The summed E-state index contributed by atoms with van der Waals surface area (Å²) in [6.07, 6.45) is 0. The molecule has 1 heterocycles. The van der Waals surface area contributed by atoms with Gasteiger partial charge in [-0.25, -0.2) is 0 Å². The van der Waals surface area contributed by atoms with Crippen LogP contribution in [-0.2, 0) is 0 Å². The molecular weight excluding hydrogens is 284 g/mol. The van der Waals surface area contributed by atoms with Gasteiger partial charge in [-0.1, -0.05) is 11.6 Å². The molecule has 0 unspecified atom stereocenters. The van der Waals surface area contributed by atoms with Gasteiger partial charge in [0.05, 0.1) is 0 Å². The van der Waals surface area contributed by atoms with E-state index in [1.807, 2.05) is 4.90 Å². The molecule has 0 aromatic heterocycles. The van der Waals surface area contributed by atoms with E-state index in [1.165, 1.54) is 0 Å². The van der Waals surface area contributed by atoms with Gasteiger partial charge >= 0.3 is 0 Å². The third-order valence-electron chi connectivity index (χ3n) is 4.20. The number of nitrogens with zero attached hydrogens (tertiary/aromatic N) is 2. The van der Waals surface area contributed by atoms with Crippen LogP contribution in [0.2, 0.25) is 5.02 Å². The summed E-state index contributed by atoms with van der Waals surface area (Å²) in [5.74, 6) is 0.0968. The van der Waals surface area contributed by atoms with Gasteiger partial charge in [-0.15, -0.1) is 0 Å². The molecule has 1 amide bonds. The van der Waals surface area contributed by atoms with Gasteiger partial charge in [0.25, 0.3) is 5.91 Å². The van der Waals surface area contributed by atoms with Crippen LogP contribution in [-0.4, -0.2) is 46.4 Å². The third kappa shape index (κ3) is 3.58. The van der Waals surface area contributed by atoms with Gasteiger partial charge in [-0.3, -0.25) is 9.69 Å². The van der Waals surface area contributed by atoms with E-state index < -0.39 is 0 Å². The highest BCUT2D eigenvalue weighted by Gasteiger charge is 2.36. The van der Waals surface area contributed by atoms with Gasteiger partial charge in [0.2, 0.25) is 0 Å². The molecule has 21 heavy (non-hydrogen) atoms. The minimum absolute atomic E-state index is 0.0968. The summed E-state index contributed by atoms with van der Waals surface area (Å²) in [6, 6.07) is 7.72. The minimum atomic E-state index is 0.0968. The maximum Gasteiger partial charge on any atom is 0.254 e. The maximum absolute atomic E-state index is 12.7. The molecule has 0 aliphatic carbocycles. The molecule has 1 fully saturated rings. The van der Waals surface area contributed by atoms with E-state index in [2.05, 4.69) is 39.5 Å². The Morgan fingerprint density at radius 1 is 1.10 bits per heavy atom. The normalized spacial score (nSPS) is 24.2. The Morgan fingerprint density at radius 2 is 1.67 bits per heavy atom. The summed E-state index contributed by atoms with van der Waals surface area (Å²) in [7, 11) is 0. The van der Waals surface area contributed by atoms with Gasteiger partial charge in [0.1, 0.15) is 0 Å². The van der Waals surface area contributed by atoms with E-state index in [4.69, 9.17) is 11.6 Å². The van der Waals surface area contributed by atoms with Crippen molar-refractivity contribution in [3.05, 3.63) is 34.9 Å². The van der Waals surface area contributed by atoms with Crippen molar-refractivity contribution in [2.45, 2.75) is 52.2 Å². The minimum Gasteiger partial charge on any atom is -0.333 e. The molecule has 0 saturated carbocycles. The molecule has 1 aromatic rings. The SMILES string of the molecule is C[C@@H]1CN(C(C)(C)C)[C@@H](C)CN1C(=O)c1ccc(Cl)cc1. The summed E-state index contributed by atoms with van der Waals surface area (Å²) in [6.45, 7) is 12.7. The van der Waals surface area contributed by atoms with Crippen LogP contribution in [0.5, 0.6) is 0 Å². The van der Waals surface area contributed by atoms with Crippen LogP contribution < -0.4 is 0 Å². The van der Waals surface area contributed by atoms with E-state index in [9.17, 15) is 4.79 Å². The Morgan fingerprint density at radius 3 is 2.19 bits per heavy atom. The van der Waals surface area contributed by atoms with Gasteiger partial charge in [0, 0.05) is 41.3 Å². The predicted octanol–water partition coefficient (Wildman–Crippen LogP) is 3.67. The number of halogens is 1. The van der Waals surface area contributed by atoms with E-state index >= 15 is 0 Å². The number of amides is 1. The first-order valence-corrected chi connectivity index (χ1v) is 7.91.